The van der Waals surface area contributed by atoms with Gasteiger partial charge in [-0.05, 0) is 51.4 Å². The Kier molecular flexibility index (Phi) is 153. The van der Waals surface area contributed by atoms with Crippen LogP contribution in [-0.4, -0.2) is 93.4 Å². The van der Waals surface area contributed by atoms with Crippen LogP contribution in [0.2, 0.25) is 0 Å². The van der Waals surface area contributed by atoms with Crippen LogP contribution in [0.1, 0.15) is 723 Å². The van der Waals surface area contributed by atoms with Crippen LogP contribution in [0, 0.1) is 0 Å². The molecule has 0 spiro atoms. The number of hydrogen-bond donors (Lipinski definition) is 0. The average molecular weight is 2200 g/mol. The largest absolute Gasteiger partial charge is 4.00 e. The van der Waals surface area contributed by atoms with Gasteiger partial charge in [0, 0.05) is 52.4 Å². The Morgan fingerprint density at radius 3 is 0.223 bits per heavy atom. The van der Waals surface area contributed by atoms with Gasteiger partial charge < -0.3 is 119 Å². The first-order valence-corrected chi connectivity index (χ1v) is 66.5. The molecule has 0 rings (SSSR count). The van der Waals surface area contributed by atoms with Crippen LogP contribution in [0.5, 0.6) is 0 Å². The van der Waals surface area contributed by atoms with Gasteiger partial charge >= 0.3 is 21.1 Å². The number of rotatable bonds is 112. The Hall–Kier alpha value is 1.15. The van der Waals surface area contributed by atoms with Crippen molar-refractivity contribution in [2.24, 2.45) is 0 Å². The number of nitrogens with zero attached hydrogens (tertiary/aromatic N) is 4. The third kappa shape index (κ3) is 139. The summed E-state index contributed by atoms with van der Waals surface area (Å²) in [4.78, 5) is 9.17. The van der Waals surface area contributed by atoms with E-state index >= 15 is 0 Å². The van der Waals surface area contributed by atoms with Crippen LogP contribution in [-0.2, 0) is 84.1 Å². The molecule has 0 bridgehead atoms. The van der Waals surface area contributed by atoms with Gasteiger partial charge in [-0.3, -0.25) is 0 Å². The maximum absolute atomic E-state index is 7.83. The van der Waals surface area contributed by atoms with Gasteiger partial charge in [0.1, 0.15) is 0 Å². The molecule has 5 nitrogen and oxygen atoms in total. The van der Waals surface area contributed by atoms with Crippen molar-refractivity contribution in [1.82, 2.24) is 19.6 Å². The normalized spacial score (nSPS) is 11.0. The summed E-state index contributed by atoms with van der Waals surface area (Å²) in [5.74, 6) is 0. The van der Waals surface area contributed by atoms with Crippen molar-refractivity contribution in [2.45, 2.75) is 723 Å². The third-order valence-electron chi connectivity index (χ3n) is 29.3. The van der Waals surface area contributed by atoms with Crippen LogP contribution < -0.4 is 0 Å². The van der Waals surface area contributed by atoms with Crippen molar-refractivity contribution in [1.29, 1.82) is 0 Å². The van der Waals surface area contributed by atoms with E-state index in [9.17, 15) is 0 Å². The molecule has 0 aliphatic rings. The second-order valence-electron chi connectivity index (χ2n) is 43.0. The maximum atomic E-state index is 7.83. The predicted octanol–water partition coefficient (Wildman–Crippen LogP) is 44.9. The molecule has 0 aromatic heterocycles. The van der Waals surface area contributed by atoms with Crippen molar-refractivity contribution in [3.05, 3.63) is 0 Å². The van der Waals surface area contributed by atoms with Crippen molar-refractivity contribution in [2.75, 3.05) is 52.4 Å². The fourth-order valence-electron chi connectivity index (χ4n) is 19.7. The summed E-state index contributed by atoms with van der Waals surface area (Å²) >= 11 is 45.6. The Bertz CT molecular complexity index is 1810. The van der Waals surface area contributed by atoms with Gasteiger partial charge in [-0.2, -0.15) is 4.21 Å². The van der Waals surface area contributed by atoms with E-state index in [1.165, 1.54) is 668 Å². The van der Waals surface area contributed by atoms with E-state index in [-0.39, 0.29) is 21.1 Å². The number of unbranched alkanes of at least 4 members (excludes halogenated alkanes) is 96. The maximum Gasteiger partial charge on any atom is 4.00 e. The van der Waals surface area contributed by atoms with E-state index in [4.69, 9.17) is 104 Å². The van der Waals surface area contributed by atoms with E-state index < -0.39 is 0 Å². The molecule has 0 saturated carbocycles. The second-order valence-corrected chi connectivity index (χ2v) is 47.1. The molecule has 0 aromatic rings. The Balaban J connectivity index is -0.000000420. The SMILES string of the molecule is CCCCCCCCCCCCCCCN(CCCCCCCCCCCCCCC)C(=S)[S-].CCCCCCCCCCCCCCCN(CCCCCCCCCCCCCCC)C(=S)[S-].CCCCCCCCCCCCCCCN(CCCCCCCCCCCCCCC)C(=S)[S-].CCCCCCCCCCCCCCCN(CCCCCCCCCCCCCCC)C(=S)[S-].O=S.[Mo+4]. The van der Waals surface area contributed by atoms with Gasteiger partial charge in [0.15, 0.2) is 12.5 Å². The number of thiocarbonyl (C=S) groups is 4. The van der Waals surface area contributed by atoms with Gasteiger partial charge in [0.05, 0.1) is 0 Å². The second kappa shape index (κ2) is 141. The summed E-state index contributed by atoms with van der Waals surface area (Å²) in [6.45, 7) is 27.0. The topological polar surface area (TPSA) is 30.0 Å². The molecule has 0 unspecified atom stereocenters. The zero-order valence-electron chi connectivity index (χ0n) is 95.5. The molecule has 139 heavy (non-hydrogen) atoms. The van der Waals surface area contributed by atoms with E-state index in [1.807, 2.05) is 0 Å². The van der Waals surface area contributed by atoms with Gasteiger partial charge in [-0.15, -0.1) is 0 Å². The molecule has 0 aromatic carbocycles. The van der Waals surface area contributed by atoms with Gasteiger partial charge in [-0.1, -0.05) is 689 Å². The fourth-order valence-corrected chi connectivity index (χ4v) is 21.2. The first-order chi connectivity index (χ1) is 67.9. The Morgan fingerprint density at radius 2 is 0.173 bits per heavy atom. The molecule has 0 radical (unpaired) electrons. The summed E-state index contributed by atoms with van der Waals surface area (Å²) < 4.78 is 10.6. The third-order valence-corrected chi connectivity index (χ3v) is 31.4. The van der Waals surface area contributed by atoms with Crippen molar-refractivity contribution >= 4 is 129 Å². The predicted molar refractivity (Wildman–Crippen MR) is 660 cm³/mol. The molecule has 830 valence electrons. The van der Waals surface area contributed by atoms with Crippen LogP contribution in [0.15, 0.2) is 0 Å². The summed E-state index contributed by atoms with van der Waals surface area (Å²) in [7, 11) is 0. The van der Waals surface area contributed by atoms with E-state index in [1.54, 1.807) is 0 Å². The first-order valence-electron chi connectivity index (χ1n) is 62.9. The standard InChI is InChI=1S/4C31H63NS2.Mo.OS/c4*1-3-5-7-9-11-13-15-17-19-21-23-25-27-29-32(31(33)34)30-28-26-24-22-20-18-16-14-12-10-8-6-4-2;;1-2/h4*3-30H2,1-2H3,(H,33,34);;/q;;;;+4;/p-4. The quantitative estimate of drug-likeness (QED) is 0.0251. The average Bonchev–Trinajstić information content (AvgIpc) is 0.980. The van der Waals surface area contributed by atoms with Gasteiger partial charge in [0.25, 0.3) is 0 Å². The number of hydrogen-bond acceptors (Lipinski definition) is 10. The summed E-state index contributed by atoms with van der Waals surface area (Å²) in [6, 6.07) is 0. The zero-order chi connectivity index (χ0) is 102. The molecule has 0 saturated heterocycles. The molecule has 15 heteroatoms. The van der Waals surface area contributed by atoms with Crippen LogP contribution in [0.3, 0.4) is 0 Å². The molecular formula is C124H248MoN4OS9. The van der Waals surface area contributed by atoms with Gasteiger partial charge in [0.2, 0.25) is 0 Å². The first kappa shape index (κ1) is 151. The molecule has 0 amide bonds. The van der Waals surface area contributed by atoms with E-state index in [2.05, 4.69) is 87.5 Å². The summed E-state index contributed by atoms with van der Waals surface area (Å²) in [5.41, 5.74) is 0. The fraction of sp³-hybridized carbons (Fsp3) is 0.968. The molecular weight excluding hydrogens is 1950 g/mol. The van der Waals surface area contributed by atoms with Crippen LogP contribution in [0.25, 0.3) is 0 Å². The minimum absolute atomic E-state index is 0. The van der Waals surface area contributed by atoms with Gasteiger partial charge in [-0.25, -0.2) is 0 Å². The zero-order valence-corrected chi connectivity index (χ0v) is 105. The van der Waals surface area contributed by atoms with E-state index in [0.717, 1.165) is 52.4 Å². The monoisotopic (exact) mass is 2200 g/mol. The summed E-state index contributed by atoms with van der Waals surface area (Å²) in [5, 5.41) is 0. The van der Waals surface area contributed by atoms with E-state index in [0.29, 0.717) is 17.3 Å². The van der Waals surface area contributed by atoms with Crippen molar-refractivity contribution in [3.63, 3.8) is 0 Å². The molecule has 0 atom stereocenters. The smallest absolute Gasteiger partial charge is 0.411 e. The minimum atomic E-state index is 0. The van der Waals surface area contributed by atoms with Crippen molar-refractivity contribution in [3.8, 4) is 0 Å². The molecule has 0 N–H and O–H groups in total. The molecule has 0 heterocycles. The minimum Gasteiger partial charge on any atom is -0.411 e. The summed E-state index contributed by atoms with van der Waals surface area (Å²) in [6.07, 6.45) is 146. The van der Waals surface area contributed by atoms with Crippen LogP contribution in [0.4, 0.5) is 0 Å². The van der Waals surface area contributed by atoms with Crippen LogP contribution >= 0.6 is 48.9 Å². The molecule has 0 aliphatic heterocycles. The van der Waals surface area contributed by atoms with Crippen molar-refractivity contribution < 1.29 is 25.3 Å². The molecule has 0 aliphatic carbocycles. The Labute approximate surface area is 941 Å². The Morgan fingerprint density at radius 1 is 0.122 bits per heavy atom. The molecule has 0 fully saturated rings.